The third kappa shape index (κ3) is 5.51. The van der Waals surface area contributed by atoms with E-state index in [1.165, 1.54) is 32.3 Å². The van der Waals surface area contributed by atoms with E-state index >= 15 is 0 Å². The molecular formula is C59H35N5O. The van der Waals surface area contributed by atoms with E-state index in [1.54, 1.807) is 0 Å². The molecule has 0 saturated heterocycles. The van der Waals surface area contributed by atoms with E-state index in [-0.39, 0.29) is 0 Å². The van der Waals surface area contributed by atoms with Gasteiger partial charge in [-0.3, -0.25) is 4.57 Å². The van der Waals surface area contributed by atoms with Crippen LogP contribution in [0.15, 0.2) is 217 Å². The normalized spacial score (nSPS) is 12.0. The Hall–Kier alpha value is -8.87. The van der Waals surface area contributed by atoms with Gasteiger partial charge < -0.3 is 8.98 Å². The first kappa shape index (κ1) is 35.7. The zero-order chi connectivity index (χ0) is 42.6. The molecule has 0 aliphatic rings. The lowest BCUT2D eigenvalue weighted by atomic mass is 10.0. The molecule has 0 fully saturated rings. The number of aromatic nitrogens is 5. The van der Waals surface area contributed by atoms with Crippen molar-refractivity contribution in [2.24, 2.45) is 0 Å². The van der Waals surface area contributed by atoms with Crippen LogP contribution in [-0.4, -0.2) is 24.1 Å². The number of rotatable bonds is 5. The number of hydrogen-bond acceptors (Lipinski definition) is 4. The third-order valence-corrected chi connectivity index (χ3v) is 13.1. The molecule has 0 bridgehead atoms. The van der Waals surface area contributed by atoms with Crippen molar-refractivity contribution in [3.05, 3.63) is 212 Å². The summed E-state index contributed by atoms with van der Waals surface area (Å²) in [6.07, 6.45) is 0. The highest BCUT2D eigenvalue weighted by atomic mass is 16.3. The SMILES string of the molecule is c1ccc(-c2ccc(-c3nc(-c4cc(-n5c6cc7ccccc7cc6c6cc7ccccc7cc65)c5oc6ccccc6c5c4)nc(-n4c5ccccc5c5ccccc54)n3)cc2)cc1. The maximum absolute atomic E-state index is 6.91. The summed E-state index contributed by atoms with van der Waals surface area (Å²) in [6.45, 7) is 0. The largest absolute Gasteiger partial charge is 0.454 e. The molecule has 0 N–H and O–H groups in total. The van der Waals surface area contributed by atoms with Crippen molar-refractivity contribution < 1.29 is 4.42 Å². The predicted octanol–water partition coefficient (Wildman–Crippen LogP) is 15.3. The summed E-state index contributed by atoms with van der Waals surface area (Å²) < 4.78 is 11.5. The van der Waals surface area contributed by atoms with Gasteiger partial charge in [-0.15, -0.1) is 0 Å². The molecule has 0 aliphatic heterocycles. The van der Waals surface area contributed by atoms with Crippen molar-refractivity contribution in [1.82, 2.24) is 24.1 Å². The van der Waals surface area contributed by atoms with Gasteiger partial charge in [0.25, 0.3) is 0 Å². The second kappa shape index (κ2) is 13.8. The molecule has 0 radical (unpaired) electrons. The van der Waals surface area contributed by atoms with Crippen molar-refractivity contribution in [3.8, 4) is 45.5 Å². The Balaban J connectivity index is 1.08. The highest BCUT2D eigenvalue weighted by Crippen LogP contribution is 2.43. The number of nitrogens with zero attached hydrogens (tertiary/aromatic N) is 5. The van der Waals surface area contributed by atoms with Gasteiger partial charge >= 0.3 is 0 Å². The summed E-state index contributed by atoms with van der Waals surface area (Å²) in [5.41, 5.74) is 10.8. The minimum absolute atomic E-state index is 0.544. The Labute approximate surface area is 371 Å². The van der Waals surface area contributed by atoms with Gasteiger partial charge in [0.05, 0.1) is 27.8 Å². The van der Waals surface area contributed by atoms with Gasteiger partial charge in [0.2, 0.25) is 5.95 Å². The van der Waals surface area contributed by atoms with E-state index in [4.69, 9.17) is 19.4 Å². The smallest absolute Gasteiger partial charge is 0.238 e. The molecule has 0 unspecified atom stereocenters. The highest BCUT2D eigenvalue weighted by molar-refractivity contribution is 6.18. The van der Waals surface area contributed by atoms with Crippen molar-refractivity contribution in [3.63, 3.8) is 0 Å². The van der Waals surface area contributed by atoms with Crippen LogP contribution in [-0.2, 0) is 0 Å². The van der Waals surface area contributed by atoms with Crippen molar-refractivity contribution in [2.75, 3.05) is 0 Å². The maximum Gasteiger partial charge on any atom is 0.238 e. The molecule has 302 valence electrons. The second-order valence-electron chi connectivity index (χ2n) is 16.8. The molecule has 0 saturated carbocycles. The number of fused-ring (bicyclic) bond motifs is 11. The first-order valence-corrected chi connectivity index (χ1v) is 21.9. The van der Waals surface area contributed by atoms with E-state index in [9.17, 15) is 0 Å². The van der Waals surface area contributed by atoms with Crippen LogP contribution >= 0.6 is 0 Å². The van der Waals surface area contributed by atoms with Crippen LogP contribution in [0.25, 0.3) is 133 Å². The Bertz CT molecular complexity index is 4090. The molecule has 0 aliphatic carbocycles. The molecule has 0 spiro atoms. The lowest BCUT2D eigenvalue weighted by Crippen LogP contribution is -2.06. The molecule has 4 aromatic heterocycles. The molecule has 10 aromatic carbocycles. The lowest BCUT2D eigenvalue weighted by Gasteiger charge is -2.14. The third-order valence-electron chi connectivity index (χ3n) is 13.1. The number of benzene rings is 10. The Kier molecular flexibility index (Phi) is 7.59. The van der Waals surface area contributed by atoms with Crippen molar-refractivity contribution in [2.45, 2.75) is 0 Å². The first-order valence-electron chi connectivity index (χ1n) is 21.9. The Morgan fingerprint density at radius 1 is 0.308 bits per heavy atom. The monoisotopic (exact) mass is 829 g/mol. The molecule has 0 atom stereocenters. The van der Waals surface area contributed by atoms with Gasteiger partial charge in [-0.05, 0) is 87.3 Å². The highest BCUT2D eigenvalue weighted by Gasteiger charge is 2.23. The van der Waals surface area contributed by atoms with Crippen LogP contribution in [0.4, 0.5) is 0 Å². The fraction of sp³-hybridized carbons (Fsp3) is 0. The van der Waals surface area contributed by atoms with Gasteiger partial charge in [0.15, 0.2) is 17.2 Å². The maximum atomic E-state index is 6.91. The van der Waals surface area contributed by atoms with Crippen LogP contribution < -0.4 is 0 Å². The van der Waals surface area contributed by atoms with Crippen LogP contribution in [0.5, 0.6) is 0 Å². The van der Waals surface area contributed by atoms with Crippen LogP contribution in [0.1, 0.15) is 0 Å². The topological polar surface area (TPSA) is 61.7 Å². The van der Waals surface area contributed by atoms with Gasteiger partial charge in [0.1, 0.15) is 5.58 Å². The average Bonchev–Trinajstić information content (AvgIpc) is 4.02. The minimum Gasteiger partial charge on any atom is -0.454 e. The second-order valence-corrected chi connectivity index (χ2v) is 16.8. The molecule has 6 heteroatoms. The minimum atomic E-state index is 0.544. The molecule has 65 heavy (non-hydrogen) atoms. The van der Waals surface area contributed by atoms with Crippen molar-refractivity contribution >= 4 is 87.1 Å². The van der Waals surface area contributed by atoms with E-state index in [0.717, 1.165) is 82.7 Å². The Morgan fingerprint density at radius 2 is 0.800 bits per heavy atom. The van der Waals surface area contributed by atoms with Crippen molar-refractivity contribution in [1.29, 1.82) is 0 Å². The zero-order valence-electron chi connectivity index (χ0n) is 34.9. The molecule has 0 amide bonds. The van der Waals surface area contributed by atoms with Crippen LogP contribution in [0.2, 0.25) is 0 Å². The molecule has 6 nitrogen and oxygen atoms in total. The van der Waals surface area contributed by atoms with Gasteiger partial charge in [-0.1, -0.05) is 158 Å². The number of para-hydroxylation sites is 3. The summed E-state index contributed by atoms with van der Waals surface area (Å²) in [4.78, 5) is 16.1. The number of hydrogen-bond donors (Lipinski definition) is 0. The summed E-state index contributed by atoms with van der Waals surface area (Å²) in [5, 5.41) is 11.4. The van der Waals surface area contributed by atoms with Gasteiger partial charge in [0, 0.05) is 43.4 Å². The van der Waals surface area contributed by atoms with E-state index in [2.05, 4.69) is 203 Å². The molecule has 4 heterocycles. The molecule has 14 aromatic rings. The Morgan fingerprint density at radius 3 is 1.43 bits per heavy atom. The van der Waals surface area contributed by atoms with Gasteiger partial charge in [-0.2, -0.15) is 9.97 Å². The summed E-state index contributed by atoms with van der Waals surface area (Å²) in [5.74, 6) is 1.69. The summed E-state index contributed by atoms with van der Waals surface area (Å²) in [7, 11) is 0. The van der Waals surface area contributed by atoms with E-state index in [1.807, 2.05) is 18.2 Å². The van der Waals surface area contributed by atoms with Crippen LogP contribution in [0, 0.1) is 0 Å². The van der Waals surface area contributed by atoms with E-state index < -0.39 is 0 Å². The van der Waals surface area contributed by atoms with Crippen LogP contribution in [0.3, 0.4) is 0 Å². The number of furan rings is 1. The van der Waals surface area contributed by atoms with Gasteiger partial charge in [-0.25, -0.2) is 4.98 Å². The summed E-state index contributed by atoms with van der Waals surface area (Å²) in [6, 6.07) is 75.1. The lowest BCUT2D eigenvalue weighted by molar-refractivity contribution is 0.666. The first-order chi connectivity index (χ1) is 32.2. The standard InChI is InChI=1S/C59H35N5O/c1-2-14-36(15-3-1)37-26-28-38(29-27-37)57-60-58(62-59(61-57)64-50-23-11-8-20-44(50)45-21-9-12-24-51(45)64)43-32-49-46-22-10-13-25-55(46)65-56(49)54(35-43)63-52-33-41-18-6-4-16-39(41)30-47(52)48-31-40-17-5-7-19-42(40)34-53(48)63/h1-35H. The summed E-state index contributed by atoms with van der Waals surface area (Å²) >= 11 is 0. The quantitative estimate of drug-likeness (QED) is 0.173. The average molecular weight is 830 g/mol. The fourth-order valence-electron chi connectivity index (χ4n) is 10.1. The zero-order valence-corrected chi connectivity index (χ0v) is 34.9. The fourth-order valence-corrected chi connectivity index (χ4v) is 10.1. The molecular weight excluding hydrogens is 795 g/mol. The van der Waals surface area contributed by atoms with E-state index in [0.29, 0.717) is 17.6 Å². The molecule has 14 rings (SSSR count). The predicted molar refractivity (Wildman–Crippen MR) is 267 cm³/mol.